The van der Waals surface area contributed by atoms with Gasteiger partial charge in [-0.05, 0) is 46.5 Å². The van der Waals surface area contributed by atoms with E-state index in [-0.39, 0.29) is 18.9 Å². The highest BCUT2D eigenvalue weighted by molar-refractivity contribution is 7.87. The maximum absolute atomic E-state index is 12.2. The lowest BCUT2D eigenvalue weighted by atomic mass is 9.93. The Kier molecular flexibility index (Phi) is 5.71. The van der Waals surface area contributed by atoms with Crippen LogP contribution >= 0.6 is 0 Å². The Labute approximate surface area is 127 Å². The fraction of sp³-hybridized carbons (Fsp3) is 0.917. The van der Waals surface area contributed by atoms with Crippen LogP contribution in [0, 0.1) is 0 Å². The van der Waals surface area contributed by atoms with Gasteiger partial charge >= 0.3 is 21.7 Å². The first-order valence-corrected chi connectivity index (χ1v) is 8.20. The van der Waals surface area contributed by atoms with Crippen LogP contribution in [0.4, 0.5) is 18.0 Å². The Morgan fingerprint density at radius 3 is 2.00 bits per heavy atom. The molecule has 6 nitrogen and oxygen atoms in total. The van der Waals surface area contributed by atoms with Crippen molar-refractivity contribution in [3.8, 4) is 0 Å². The molecule has 22 heavy (non-hydrogen) atoms. The van der Waals surface area contributed by atoms with Gasteiger partial charge in [-0.1, -0.05) is 0 Å². The lowest BCUT2D eigenvalue weighted by Crippen LogP contribution is -2.42. The molecule has 0 aromatic carbocycles. The normalized spacial score (nSPS) is 23.9. The first-order valence-electron chi connectivity index (χ1n) is 6.79. The van der Waals surface area contributed by atoms with E-state index in [9.17, 15) is 26.4 Å². The number of alkyl halides is 3. The second kappa shape index (κ2) is 6.61. The molecule has 0 radical (unpaired) electrons. The molecule has 0 aromatic heterocycles. The maximum Gasteiger partial charge on any atom is 0.523 e. The zero-order chi connectivity index (χ0) is 17.2. The largest absolute Gasteiger partial charge is 0.523 e. The standard InChI is InChI=1S/C12H20F3NO5S/c1-11(2,3)20-10(17)16-8-4-6-9(7-5-8)21-22(18,19)12(13,14)15/h8-9H,4-7H2,1-3H3,(H,16,17). The van der Waals surface area contributed by atoms with E-state index in [0.717, 1.165) is 0 Å². The van der Waals surface area contributed by atoms with E-state index in [0.29, 0.717) is 12.8 Å². The van der Waals surface area contributed by atoms with Gasteiger partial charge in [-0.2, -0.15) is 21.6 Å². The molecule has 1 N–H and O–H groups in total. The first-order chi connectivity index (χ1) is 9.80. The van der Waals surface area contributed by atoms with E-state index in [1.807, 2.05) is 0 Å². The van der Waals surface area contributed by atoms with Crippen LogP contribution in [0.1, 0.15) is 46.5 Å². The summed E-state index contributed by atoms with van der Waals surface area (Å²) in [6.07, 6.45) is -0.789. The predicted molar refractivity (Wildman–Crippen MR) is 71.5 cm³/mol. The summed E-state index contributed by atoms with van der Waals surface area (Å²) in [5.41, 5.74) is -6.07. The minimum atomic E-state index is -5.57. The topological polar surface area (TPSA) is 81.7 Å². The second-order valence-electron chi connectivity index (χ2n) is 6.12. The van der Waals surface area contributed by atoms with Gasteiger partial charge in [-0.3, -0.25) is 4.18 Å². The summed E-state index contributed by atoms with van der Waals surface area (Å²) < 4.78 is 67.7. The zero-order valence-electron chi connectivity index (χ0n) is 12.6. The lowest BCUT2D eigenvalue weighted by molar-refractivity contribution is -0.0587. The molecule has 0 atom stereocenters. The van der Waals surface area contributed by atoms with Crippen molar-refractivity contribution < 1.29 is 35.3 Å². The van der Waals surface area contributed by atoms with Crippen molar-refractivity contribution in [2.24, 2.45) is 0 Å². The van der Waals surface area contributed by atoms with Crippen molar-refractivity contribution in [1.29, 1.82) is 0 Å². The summed E-state index contributed by atoms with van der Waals surface area (Å²) >= 11 is 0. The van der Waals surface area contributed by atoms with Crippen LogP contribution in [-0.2, 0) is 19.0 Å². The quantitative estimate of drug-likeness (QED) is 0.627. The Morgan fingerprint density at radius 2 is 1.59 bits per heavy atom. The SMILES string of the molecule is CC(C)(C)OC(=O)NC1CCC(OS(=O)(=O)C(F)(F)F)CC1. The van der Waals surface area contributed by atoms with Gasteiger partial charge < -0.3 is 10.1 Å². The van der Waals surface area contributed by atoms with E-state index >= 15 is 0 Å². The van der Waals surface area contributed by atoms with Crippen LogP contribution in [0.25, 0.3) is 0 Å². The fourth-order valence-corrected chi connectivity index (χ4v) is 2.67. The summed E-state index contributed by atoms with van der Waals surface area (Å²) in [5.74, 6) is 0. The summed E-state index contributed by atoms with van der Waals surface area (Å²) in [6, 6.07) is -0.275. The van der Waals surface area contributed by atoms with Gasteiger partial charge in [-0.25, -0.2) is 4.79 Å². The number of hydrogen-bond donors (Lipinski definition) is 1. The van der Waals surface area contributed by atoms with Gasteiger partial charge in [0.25, 0.3) is 0 Å². The molecule has 1 aliphatic rings. The second-order valence-corrected chi connectivity index (χ2v) is 7.68. The van der Waals surface area contributed by atoms with E-state index in [2.05, 4.69) is 9.50 Å². The van der Waals surface area contributed by atoms with Gasteiger partial charge in [0, 0.05) is 6.04 Å². The van der Waals surface area contributed by atoms with Gasteiger partial charge in [-0.15, -0.1) is 0 Å². The van der Waals surface area contributed by atoms with Crippen molar-refractivity contribution in [2.45, 2.75) is 69.7 Å². The highest BCUT2D eigenvalue weighted by Gasteiger charge is 2.48. The van der Waals surface area contributed by atoms with E-state index in [1.54, 1.807) is 20.8 Å². The van der Waals surface area contributed by atoms with Crippen LogP contribution in [0.5, 0.6) is 0 Å². The highest BCUT2D eigenvalue weighted by atomic mass is 32.2. The van der Waals surface area contributed by atoms with E-state index in [4.69, 9.17) is 4.74 Å². The summed E-state index contributed by atoms with van der Waals surface area (Å²) in [5, 5.41) is 2.60. The number of rotatable bonds is 3. The van der Waals surface area contributed by atoms with Crippen molar-refractivity contribution in [1.82, 2.24) is 5.32 Å². The van der Waals surface area contributed by atoms with E-state index < -0.39 is 33.4 Å². The van der Waals surface area contributed by atoms with Gasteiger partial charge in [0.05, 0.1) is 6.10 Å². The number of ether oxygens (including phenoxy) is 1. The molecule has 1 saturated carbocycles. The predicted octanol–water partition coefficient (Wildman–Crippen LogP) is 2.69. The average molecular weight is 347 g/mol. The molecule has 0 heterocycles. The molecule has 10 heteroatoms. The third-order valence-electron chi connectivity index (χ3n) is 2.94. The van der Waals surface area contributed by atoms with E-state index in [1.165, 1.54) is 0 Å². The Hall–Kier alpha value is -1.03. The third kappa shape index (κ3) is 5.99. The smallest absolute Gasteiger partial charge is 0.444 e. The van der Waals surface area contributed by atoms with Crippen LogP contribution < -0.4 is 5.32 Å². The summed E-state index contributed by atoms with van der Waals surface area (Å²) in [4.78, 5) is 11.6. The Bertz CT molecular complexity index is 490. The number of halogens is 3. The van der Waals surface area contributed by atoms with Gasteiger partial charge in [0.1, 0.15) is 5.60 Å². The number of carbonyl (C=O) groups is 1. The fourth-order valence-electron chi connectivity index (χ4n) is 2.01. The van der Waals surface area contributed by atoms with Crippen LogP contribution in [-0.4, -0.2) is 37.8 Å². The summed E-state index contributed by atoms with van der Waals surface area (Å²) in [6.45, 7) is 5.12. The van der Waals surface area contributed by atoms with Crippen LogP contribution in [0.3, 0.4) is 0 Å². The Morgan fingerprint density at radius 1 is 1.09 bits per heavy atom. The molecule has 0 saturated heterocycles. The van der Waals surface area contributed by atoms with Crippen LogP contribution in [0.2, 0.25) is 0 Å². The monoisotopic (exact) mass is 347 g/mol. The highest BCUT2D eigenvalue weighted by Crippen LogP contribution is 2.30. The number of nitrogens with one attached hydrogen (secondary N) is 1. The van der Waals surface area contributed by atoms with Crippen molar-refractivity contribution in [3.05, 3.63) is 0 Å². The molecule has 0 unspecified atom stereocenters. The average Bonchev–Trinajstić information content (AvgIpc) is 2.27. The summed E-state index contributed by atoms with van der Waals surface area (Å²) in [7, 11) is -5.57. The first kappa shape index (κ1) is 19.0. The minimum Gasteiger partial charge on any atom is -0.444 e. The molecule has 0 spiro atoms. The van der Waals surface area contributed by atoms with Gasteiger partial charge in [0.15, 0.2) is 0 Å². The number of amides is 1. The third-order valence-corrected chi connectivity index (χ3v) is 4.03. The molecule has 0 aliphatic heterocycles. The van der Waals surface area contributed by atoms with Crippen molar-refractivity contribution in [3.63, 3.8) is 0 Å². The minimum absolute atomic E-state index is 0.107. The Balaban J connectivity index is 2.43. The zero-order valence-corrected chi connectivity index (χ0v) is 13.4. The molecule has 1 rings (SSSR count). The molecule has 130 valence electrons. The number of hydrogen-bond acceptors (Lipinski definition) is 5. The van der Waals surface area contributed by atoms with Crippen molar-refractivity contribution >= 4 is 16.2 Å². The van der Waals surface area contributed by atoms with Gasteiger partial charge in [0.2, 0.25) is 0 Å². The molecule has 1 aliphatic carbocycles. The molecule has 0 bridgehead atoms. The maximum atomic E-state index is 12.2. The molecule has 1 amide bonds. The number of alkyl carbamates (subject to hydrolysis) is 1. The lowest BCUT2D eigenvalue weighted by Gasteiger charge is -2.29. The van der Waals surface area contributed by atoms with Crippen molar-refractivity contribution in [2.75, 3.05) is 0 Å². The molecule has 0 aromatic rings. The number of carbonyl (C=O) groups excluding carboxylic acids is 1. The van der Waals surface area contributed by atoms with Crippen LogP contribution in [0.15, 0.2) is 0 Å². The molecule has 1 fully saturated rings. The molecular formula is C12H20F3NO5S. The molecular weight excluding hydrogens is 327 g/mol.